The highest BCUT2D eigenvalue weighted by Crippen LogP contribution is 2.29. The van der Waals surface area contributed by atoms with E-state index in [1.165, 1.54) is 19.3 Å². The van der Waals surface area contributed by atoms with Gasteiger partial charge >= 0.3 is 6.03 Å². The molecule has 3 amide bonds. The van der Waals surface area contributed by atoms with Crippen LogP contribution in [0.2, 0.25) is 0 Å². The average molecular weight is 627 g/mol. The molecule has 1 aromatic heterocycles. The topological polar surface area (TPSA) is 125 Å². The molecule has 0 unspecified atom stereocenters. The number of morpholine rings is 1. The molecule has 1 aliphatic carbocycles. The largest absolute Gasteiger partial charge is 0.381 e. The van der Waals surface area contributed by atoms with Crippen molar-refractivity contribution in [2.24, 2.45) is 0 Å². The lowest BCUT2D eigenvalue weighted by Gasteiger charge is -2.42. The molecule has 0 spiro atoms. The predicted octanol–water partition coefficient (Wildman–Crippen LogP) is 4.22. The molecule has 12 nitrogen and oxygen atoms in total. The summed E-state index contributed by atoms with van der Waals surface area (Å²) in [6.07, 6.45) is 5.68. The normalized spacial score (nSPS) is 19.8. The van der Waals surface area contributed by atoms with Crippen molar-refractivity contribution >= 4 is 29.3 Å². The zero-order valence-electron chi connectivity index (χ0n) is 26.2. The second kappa shape index (κ2) is 14.1. The molecule has 4 fully saturated rings. The molecule has 4 aliphatic rings. The third kappa shape index (κ3) is 7.14. The number of ether oxygens (including phenoxy) is 2. The first-order chi connectivity index (χ1) is 22.6. The number of rotatable bonds is 7. The van der Waals surface area contributed by atoms with Gasteiger partial charge in [0.05, 0.1) is 13.2 Å². The number of nitrogens with one attached hydrogen (secondary N) is 2. The zero-order chi connectivity index (χ0) is 31.3. The maximum absolute atomic E-state index is 13.0. The van der Waals surface area contributed by atoms with Crippen molar-refractivity contribution in [2.75, 3.05) is 81.2 Å². The van der Waals surface area contributed by atoms with Gasteiger partial charge < -0.3 is 29.9 Å². The summed E-state index contributed by atoms with van der Waals surface area (Å²) in [5, 5.41) is 5.75. The quantitative estimate of drug-likeness (QED) is 0.397. The van der Waals surface area contributed by atoms with Gasteiger partial charge in [-0.25, -0.2) is 9.78 Å². The first-order valence-electron chi connectivity index (χ1n) is 16.6. The minimum Gasteiger partial charge on any atom is -0.381 e. The fourth-order valence-corrected chi connectivity index (χ4v) is 6.47. The molecule has 7 rings (SSSR count). The maximum atomic E-state index is 13.0. The van der Waals surface area contributed by atoms with E-state index >= 15 is 0 Å². The molecule has 0 bridgehead atoms. The summed E-state index contributed by atoms with van der Waals surface area (Å²) < 4.78 is 11.1. The lowest BCUT2D eigenvalue weighted by Crippen LogP contribution is -2.53. The number of carbonyl (C=O) groups excluding carboxylic acids is 2. The van der Waals surface area contributed by atoms with Gasteiger partial charge in [0, 0.05) is 86.9 Å². The molecule has 0 atom stereocenters. The van der Waals surface area contributed by atoms with Crippen LogP contribution in [0.5, 0.6) is 0 Å². The Balaban J connectivity index is 0.960. The van der Waals surface area contributed by atoms with Gasteiger partial charge in [-0.15, -0.1) is 0 Å². The van der Waals surface area contributed by atoms with E-state index in [1.54, 1.807) is 24.3 Å². The van der Waals surface area contributed by atoms with Crippen molar-refractivity contribution in [3.63, 3.8) is 0 Å². The summed E-state index contributed by atoms with van der Waals surface area (Å²) >= 11 is 0. The summed E-state index contributed by atoms with van der Waals surface area (Å²) in [6, 6.07) is 14.9. The number of anilines is 3. The zero-order valence-corrected chi connectivity index (χ0v) is 26.2. The van der Waals surface area contributed by atoms with Gasteiger partial charge in [0.1, 0.15) is 5.82 Å². The molecule has 242 valence electrons. The molecule has 2 aromatic carbocycles. The number of hydrogen-bond acceptors (Lipinski definition) is 9. The number of benzene rings is 2. The fraction of sp³-hybridized carbons (Fsp3) is 0.500. The molecule has 2 N–H and O–H groups in total. The van der Waals surface area contributed by atoms with E-state index in [2.05, 4.69) is 20.4 Å². The average Bonchev–Trinajstić information content (AvgIpc) is 3.09. The summed E-state index contributed by atoms with van der Waals surface area (Å²) in [7, 11) is 0. The Kier molecular flexibility index (Phi) is 9.36. The van der Waals surface area contributed by atoms with Crippen molar-refractivity contribution in [1.29, 1.82) is 0 Å². The number of piperazine rings is 1. The number of urea groups is 1. The smallest absolute Gasteiger partial charge is 0.323 e. The Hall–Kier alpha value is -4.13. The number of nitrogens with zero attached hydrogens (tertiary/aromatic N) is 6. The van der Waals surface area contributed by atoms with Crippen LogP contribution < -0.4 is 15.5 Å². The van der Waals surface area contributed by atoms with E-state index in [0.29, 0.717) is 61.2 Å². The molecule has 1 saturated carbocycles. The Labute approximate surface area is 269 Å². The van der Waals surface area contributed by atoms with E-state index in [0.717, 1.165) is 63.5 Å². The van der Waals surface area contributed by atoms with E-state index in [9.17, 15) is 9.59 Å². The number of hydrogen-bond donors (Lipinski definition) is 2. The van der Waals surface area contributed by atoms with Crippen LogP contribution in [0.3, 0.4) is 0 Å². The molecule has 3 saturated heterocycles. The van der Waals surface area contributed by atoms with Crippen molar-refractivity contribution in [1.82, 2.24) is 24.8 Å². The highest BCUT2D eigenvalue weighted by Gasteiger charge is 2.30. The Bertz CT molecular complexity index is 1460. The van der Waals surface area contributed by atoms with Crippen LogP contribution in [0.25, 0.3) is 11.4 Å². The minimum absolute atomic E-state index is 0.0412. The second-order valence-electron chi connectivity index (χ2n) is 12.5. The van der Waals surface area contributed by atoms with Crippen LogP contribution in [0, 0.1) is 0 Å². The van der Waals surface area contributed by atoms with Crippen molar-refractivity contribution in [2.45, 2.75) is 44.1 Å². The third-order valence-electron chi connectivity index (χ3n) is 9.50. The molecule has 12 heteroatoms. The monoisotopic (exact) mass is 626 g/mol. The van der Waals surface area contributed by atoms with Gasteiger partial charge in [0.25, 0.3) is 5.91 Å². The molecule has 0 radical (unpaired) electrons. The van der Waals surface area contributed by atoms with Crippen LogP contribution in [0.4, 0.5) is 22.1 Å². The lowest BCUT2D eigenvalue weighted by molar-refractivity contribution is 0.0455. The first kappa shape index (κ1) is 30.5. The minimum atomic E-state index is -0.365. The van der Waals surface area contributed by atoms with Gasteiger partial charge in [-0.3, -0.25) is 9.69 Å². The summed E-state index contributed by atoms with van der Waals surface area (Å²) in [5.74, 6) is 2.37. The molecule has 3 aliphatic heterocycles. The molecule has 46 heavy (non-hydrogen) atoms. The molecular weight excluding hydrogens is 584 g/mol. The summed E-state index contributed by atoms with van der Waals surface area (Å²) in [4.78, 5) is 47.0. The van der Waals surface area contributed by atoms with Gasteiger partial charge in [-0.05, 0) is 74.2 Å². The van der Waals surface area contributed by atoms with Crippen molar-refractivity contribution in [3.05, 3.63) is 59.9 Å². The molecular formula is C34H42N8O4. The number of amides is 3. The van der Waals surface area contributed by atoms with Gasteiger partial charge in [0.15, 0.2) is 5.82 Å². The number of carbonyl (C=O) groups is 2. The molecule has 3 aromatic rings. The van der Waals surface area contributed by atoms with E-state index in [1.807, 2.05) is 29.2 Å². The van der Waals surface area contributed by atoms with Crippen LogP contribution in [0.1, 0.15) is 54.2 Å². The highest BCUT2D eigenvalue weighted by atomic mass is 16.5. The van der Waals surface area contributed by atoms with E-state index < -0.39 is 0 Å². The Morgan fingerprint density at radius 2 is 1.33 bits per heavy atom. The predicted molar refractivity (Wildman–Crippen MR) is 175 cm³/mol. The summed E-state index contributed by atoms with van der Waals surface area (Å²) in [5.41, 5.74) is 2.73. The Morgan fingerprint density at radius 3 is 1.96 bits per heavy atom. The van der Waals surface area contributed by atoms with Crippen LogP contribution in [0.15, 0.2) is 48.5 Å². The van der Waals surface area contributed by atoms with Crippen LogP contribution in [-0.2, 0) is 9.47 Å². The van der Waals surface area contributed by atoms with Crippen LogP contribution in [-0.4, -0.2) is 108 Å². The first-order valence-corrected chi connectivity index (χ1v) is 16.6. The highest BCUT2D eigenvalue weighted by molar-refractivity contribution is 6.00. The second-order valence-corrected chi connectivity index (χ2v) is 12.5. The standard InChI is InChI=1S/C34H42N8O4/c43-32(41-16-14-40(15-17-41)29-2-1-3-29)26-6-10-28(11-7-26)36-34(44)35-27-8-4-24(5-9-27)30-37-31(25-12-20-45-21-13-25)39-33(38-30)42-18-22-46-23-19-42/h4-11,25,29H,1-3,12-23H2,(H2,35,36,44). The fourth-order valence-electron chi connectivity index (χ4n) is 6.47. The number of aromatic nitrogens is 3. The summed E-state index contributed by atoms with van der Waals surface area (Å²) in [6.45, 7) is 7.61. The Morgan fingerprint density at radius 1 is 0.696 bits per heavy atom. The van der Waals surface area contributed by atoms with Gasteiger partial charge in [0.2, 0.25) is 5.95 Å². The van der Waals surface area contributed by atoms with E-state index in [-0.39, 0.29) is 17.9 Å². The van der Waals surface area contributed by atoms with Crippen molar-refractivity contribution < 1.29 is 19.1 Å². The molecule has 4 heterocycles. The SMILES string of the molecule is O=C(Nc1ccc(C(=O)N2CCN(C3CCC3)CC2)cc1)Nc1ccc(-c2nc(C3CCOCC3)nc(N3CCOCC3)n2)cc1. The van der Waals surface area contributed by atoms with Gasteiger partial charge in [-0.1, -0.05) is 6.42 Å². The van der Waals surface area contributed by atoms with Crippen molar-refractivity contribution in [3.8, 4) is 11.4 Å². The lowest BCUT2D eigenvalue weighted by atomic mass is 9.91. The van der Waals surface area contributed by atoms with Crippen LogP contribution >= 0.6 is 0 Å². The van der Waals surface area contributed by atoms with E-state index in [4.69, 9.17) is 24.4 Å². The maximum Gasteiger partial charge on any atom is 0.323 e. The third-order valence-corrected chi connectivity index (χ3v) is 9.50. The van der Waals surface area contributed by atoms with Gasteiger partial charge in [-0.2, -0.15) is 9.97 Å².